The van der Waals surface area contributed by atoms with E-state index in [-0.39, 0.29) is 6.04 Å². The Morgan fingerprint density at radius 3 is 3.00 bits per heavy atom. The Morgan fingerprint density at radius 1 is 1.39 bits per heavy atom. The van der Waals surface area contributed by atoms with Gasteiger partial charge in [-0.1, -0.05) is 25.1 Å². The zero-order chi connectivity index (χ0) is 12.5. The van der Waals surface area contributed by atoms with E-state index in [1.54, 1.807) is 0 Å². The van der Waals surface area contributed by atoms with Crippen LogP contribution in [0.15, 0.2) is 30.3 Å². The Morgan fingerprint density at radius 2 is 2.22 bits per heavy atom. The third-order valence-corrected chi connectivity index (χ3v) is 6.17. The maximum Gasteiger partial charge on any atom is 0.0534 e. The average molecular weight is 279 g/mol. The van der Waals surface area contributed by atoms with E-state index < -0.39 is 10.8 Å². The smallest absolute Gasteiger partial charge is 0.0534 e. The molecule has 3 unspecified atom stereocenters. The first-order valence-corrected chi connectivity index (χ1v) is 8.66. The van der Waals surface area contributed by atoms with Crippen molar-refractivity contribution in [2.24, 2.45) is 0 Å². The molecular weight excluding hydrogens is 262 g/mol. The third-order valence-electron chi connectivity index (χ3n) is 3.46. The molecule has 18 heavy (non-hydrogen) atoms. The first-order chi connectivity index (χ1) is 8.76. The van der Waals surface area contributed by atoms with E-state index in [0.29, 0.717) is 6.04 Å². The summed E-state index contributed by atoms with van der Waals surface area (Å²) < 4.78 is 13.2. The highest BCUT2D eigenvalue weighted by Gasteiger charge is 2.26. The van der Waals surface area contributed by atoms with Gasteiger partial charge < -0.3 is 5.32 Å². The summed E-state index contributed by atoms with van der Waals surface area (Å²) in [5.41, 5.74) is 0. The van der Waals surface area contributed by atoms with Gasteiger partial charge >= 0.3 is 0 Å². The van der Waals surface area contributed by atoms with Gasteiger partial charge in [0, 0.05) is 37.9 Å². The summed E-state index contributed by atoms with van der Waals surface area (Å²) in [5, 5.41) is 4.92. The highest BCUT2D eigenvalue weighted by Crippen LogP contribution is 2.31. The van der Waals surface area contributed by atoms with E-state index in [0.717, 1.165) is 17.9 Å². The molecule has 2 nitrogen and oxygen atoms in total. The molecule has 1 fully saturated rings. The molecule has 0 bridgehead atoms. The quantitative estimate of drug-likeness (QED) is 0.915. The van der Waals surface area contributed by atoms with E-state index in [4.69, 9.17) is 0 Å². The van der Waals surface area contributed by atoms with Gasteiger partial charge in [-0.15, -0.1) is 11.3 Å². The molecule has 4 heteroatoms. The summed E-state index contributed by atoms with van der Waals surface area (Å²) in [5.74, 6) is 1.56. The summed E-state index contributed by atoms with van der Waals surface area (Å²) in [4.78, 5) is 1.32. The molecule has 1 aromatic heterocycles. The molecule has 2 heterocycles. The normalized spacial score (nSPS) is 28.6. The van der Waals surface area contributed by atoms with Crippen molar-refractivity contribution in [2.75, 3.05) is 11.5 Å². The molecule has 0 spiro atoms. The van der Waals surface area contributed by atoms with Gasteiger partial charge in [-0.25, -0.2) is 0 Å². The predicted octanol–water partition coefficient (Wildman–Crippen LogP) is 3.07. The lowest BCUT2D eigenvalue weighted by Crippen LogP contribution is -2.44. The maximum atomic E-state index is 11.9. The minimum Gasteiger partial charge on any atom is -0.305 e. The van der Waals surface area contributed by atoms with Gasteiger partial charge in [-0.3, -0.25) is 4.21 Å². The second kappa shape index (κ2) is 5.11. The SMILES string of the molecule is CCC1CS(=O)CC(c2cc3ccccc3s2)N1. The van der Waals surface area contributed by atoms with Crippen molar-refractivity contribution in [3.05, 3.63) is 35.2 Å². The van der Waals surface area contributed by atoms with Crippen LogP contribution in [-0.4, -0.2) is 21.8 Å². The third kappa shape index (κ3) is 2.37. The van der Waals surface area contributed by atoms with Crippen molar-refractivity contribution >= 4 is 32.2 Å². The Labute approximate surface area is 114 Å². The molecule has 1 saturated heterocycles. The summed E-state index contributed by atoms with van der Waals surface area (Å²) in [7, 11) is -0.678. The molecule has 3 rings (SSSR count). The van der Waals surface area contributed by atoms with Crippen LogP contribution in [0.5, 0.6) is 0 Å². The standard InChI is InChI=1S/C14H17NOS2/c1-2-11-8-18(16)9-12(15-11)14-7-10-5-3-4-6-13(10)17-14/h3-7,11-12,15H,2,8-9H2,1H3. The number of hydrogen-bond acceptors (Lipinski definition) is 3. The first-order valence-electron chi connectivity index (χ1n) is 6.35. The Kier molecular flexibility index (Phi) is 3.50. The van der Waals surface area contributed by atoms with Crippen LogP contribution in [0.1, 0.15) is 24.3 Å². The number of hydrogen-bond donors (Lipinski definition) is 1. The summed E-state index contributed by atoms with van der Waals surface area (Å²) in [6.45, 7) is 2.15. The van der Waals surface area contributed by atoms with Crippen LogP contribution in [0.3, 0.4) is 0 Å². The van der Waals surface area contributed by atoms with E-state index in [9.17, 15) is 4.21 Å². The van der Waals surface area contributed by atoms with Gasteiger partial charge in [0.15, 0.2) is 0 Å². The zero-order valence-corrected chi connectivity index (χ0v) is 12.0. The second-order valence-corrected chi connectivity index (χ2v) is 7.45. The number of benzene rings is 1. The highest BCUT2D eigenvalue weighted by molar-refractivity contribution is 7.85. The summed E-state index contributed by atoms with van der Waals surface area (Å²) >= 11 is 1.82. The van der Waals surface area contributed by atoms with Crippen LogP contribution in [-0.2, 0) is 10.8 Å². The highest BCUT2D eigenvalue weighted by atomic mass is 32.2. The Bertz CT molecular complexity index is 545. The molecule has 0 radical (unpaired) electrons. The lowest BCUT2D eigenvalue weighted by atomic mass is 10.1. The van der Waals surface area contributed by atoms with Crippen LogP contribution >= 0.6 is 11.3 Å². The van der Waals surface area contributed by atoms with Gasteiger partial charge in [0.25, 0.3) is 0 Å². The summed E-state index contributed by atoms with van der Waals surface area (Å²) in [6.07, 6.45) is 1.05. The van der Waals surface area contributed by atoms with Gasteiger partial charge in [0.2, 0.25) is 0 Å². The number of thiophene rings is 1. The lowest BCUT2D eigenvalue weighted by molar-refractivity contribution is 0.460. The monoisotopic (exact) mass is 279 g/mol. The Hall–Kier alpha value is -0.710. The van der Waals surface area contributed by atoms with Gasteiger partial charge in [0.05, 0.1) is 6.04 Å². The van der Waals surface area contributed by atoms with Gasteiger partial charge in [0.1, 0.15) is 0 Å². The summed E-state index contributed by atoms with van der Waals surface area (Å²) in [6, 6.07) is 11.3. The molecule has 2 aromatic rings. The fourth-order valence-corrected chi connectivity index (χ4v) is 5.23. The van der Waals surface area contributed by atoms with Gasteiger partial charge in [-0.05, 0) is 23.9 Å². The minimum absolute atomic E-state index is 0.266. The topological polar surface area (TPSA) is 29.1 Å². The fourth-order valence-electron chi connectivity index (χ4n) is 2.43. The molecule has 1 aliphatic rings. The van der Waals surface area contributed by atoms with Crippen LogP contribution in [0.25, 0.3) is 10.1 Å². The molecule has 0 amide bonds. The van der Waals surface area contributed by atoms with Crippen molar-refractivity contribution in [3.8, 4) is 0 Å². The van der Waals surface area contributed by atoms with Crippen molar-refractivity contribution in [1.82, 2.24) is 5.32 Å². The molecule has 1 aromatic carbocycles. The lowest BCUT2D eigenvalue weighted by Gasteiger charge is -2.29. The molecule has 0 saturated carbocycles. The molecular formula is C14H17NOS2. The van der Waals surface area contributed by atoms with E-state index in [2.05, 4.69) is 42.6 Å². The predicted molar refractivity (Wildman–Crippen MR) is 79.7 cm³/mol. The maximum absolute atomic E-state index is 11.9. The largest absolute Gasteiger partial charge is 0.305 e. The minimum atomic E-state index is -0.678. The molecule has 3 atom stereocenters. The number of nitrogens with one attached hydrogen (secondary N) is 1. The molecule has 0 aliphatic carbocycles. The van der Waals surface area contributed by atoms with Crippen molar-refractivity contribution < 1.29 is 4.21 Å². The molecule has 96 valence electrons. The fraction of sp³-hybridized carbons (Fsp3) is 0.429. The number of rotatable bonds is 2. The van der Waals surface area contributed by atoms with E-state index in [1.165, 1.54) is 15.0 Å². The van der Waals surface area contributed by atoms with E-state index in [1.807, 2.05) is 11.3 Å². The Balaban J connectivity index is 1.91. The van der Waals surface area contributed by atoms with Crippen LogP contribution in [0.2, 0.25) is 0 Å². The first kappa shape index (κ1) is 12.3. The van der Waals surface area contributed by atoms with Crippen LogP contribution < -0.4 is 5.32 Å². The molecule has 1 N–H and O–H groups in total. The van der Waals surface area contributed by atoms with Crippen LogP contribution in [0.4, 0.5) is 0 Å². The van der Waals surface area contributed by atoms with Crippen molar-refractivity contribution in [1.29, 1.82) is 0 Å². The molecule has 1 aliphatic heterocycles. The zero-order valence-electron chi connectivity index (χ0n) is 10.4. The van der Waals surface area contributed by atoms with Gasteiger partial charge in [-0.2, -0.15) is 0 Å². The number of fused-ring (bicyclic) bond motifs is 1. The van der Waals surface area contributed by atoms with E-state index >= 15 is 0 Å². The van der Waals surface area contributed by atoms with Crippen LogP contribution in [0, 0.1) is 0 Å². The van der Waals surface area contributed by atoms with Crippen molar-refractivity contribution in [3.63, 3.8) is 0 Å². The second-order valence-electron chi connectivity index (χ2n) is 4.78. The van der Waals surface area contributed by atoms with Crippen molar-refractivity contribution in [2.45, 2.75) is 25.4 Å². The average Bonchev–Trinajstić information content (AvgIpc) is 2.81.